The number of nitrogens with zero attached hydrogens (tertiary/aromatic N) is 2. The Morgan fingerprint density at radius 2 is 2.33 bits per heavy atom. The van der Waals surface area contributed by atoms with E-state index in [0.29, 0.717) is 18.9 Å². The molecular weight excluding hydrogens is 192 g/mol. The highest BCUT2D eigenvalue weighted by Gasteiger charge is 2.16. The Hall–Kier alpha value is -0.870. The van der Waals surface area contributed by atoms with E-state index in [2.05, 4.69) is 11.9 Å². The largest absolute Gasteiger partial charge is 0.385 e. The van der Waals surface area contributed by atoms with Crippen LogP contribution in [-0.4, -0.2) is 28.4 Å². The van der Waals surface area contributed by atoms with Gasteiger partial charge in [0.15, 0.2) is 0 Å². The van der Waals surface area contributed by atoms with Gasteiger partial charge in [0.25, 0.3) is 0 Å². The minimum absolute atomic E-state index is 0.340. The van der Waals surface area contributed by atoms with Gasteiger partial charge in [-0.2, -0.15) is 0 Å². The second-order valence-electron chi connectivity index (χ2n) is 3.88. The van der Waals surface area contributed by atoms with Crippen LogP contribution in [0, 0.1) is 5.92 Å². The number of aliphatic hydroxyl groups is 1. The first kappa shape index (κ1) is 12.2. The predicted octanol–water partition coefficient (Wildman–Crippen LogP) is 1.61. The molecule has 1 N–H and O–H groups in total. The highest BCUT2D eigenvalue weighted by molar-refractivity contribution is 4.96. The van der Waals surface area contributed by atoms with Crippen LogP contribution in [-0.2, 0) is 11.3 Å². The van der Waals surface area contributed by atoms with Gasteiger partial charge < -0.3 is 14.4 Å². The molecule has 0 aliphatic carbocycles. The van der Waals surface area contributed by atoms with Gasteiger partial charge in [0, 0.05) is 32.7 Å². The van der Waals surface area contributed by atoms with Crippen molar-refractivity contribution in [3.8, 4) is 0 Å². The van der Waals surface area contributed by atoms with Crippen molar-refractivity contribution in [2.24, 2.45) is 5.92 Å². The molecule has 1 aromatic rings. The molecule has 0 radical (unpaired) electrons. The molecule has 1 aromatic heterocycles. The van der Waals surface area contributed by atoms with E-state index in [4.69, 9.17) is 4.74 Å². The van der Waals surface area contributed by atoms with Crippen LogP contribution in [0.5, 0.6) is 0 Å². The second-order valence-corrected chi connectivity index (χ2v) is 3.88. The van der Waals surface area contributed by atoms with E-state index in [1.165, 1.54) is 0 Å². The fourth-order valence-electron chi connectivity index (χ4n) is 1.72. The lowest BCUT2D eigenvalue weighted by molar-refractivity contribution is 0.0948. The van der Waals surface area contributed by atoms with E-state index >= 15 is 0 Å². The van der Waals surface area contributed by atoms with Gasteiger partial charge in [0.05, 0.1) is 0 Å². The van der Waals surface area contributed by atoms with Gasteiger partial charge in [-0.25, -0.2) is 4.98 Å². The van der Waals surface area contributed by atoms with Gasteiger partial charge in [-0.15, -0.1) is 0 Å². The average Bonchev–Trinajstić information content (AvgIpc) is 2.65. The fraction of sp³-hybridized carbons (Fsp3) is 0.727. The Kier molecular flexibility index (Phi) is 4.78. The Morgan fingerprint density at radius 1 is 1.60 bits per heavy atom. The zero-order valence-corrected chi connectivity index (χ0v) is 9.68. The summed E-state index contributed by atoms with van der Waals surface area (Å²) < 4.78 is 7.00. The molecule has 0 amide bonds. The van der Waals surface area contributed by atoms with E-state index in [1.54, 1.807) is 13.3 Å². The minimum Gasteiger partial charge on any atom is -0.385 e. The molecule has 0 saturated heterocycles. The second kappa shape index (κ2) is 5.88. The van der Waals surface area contributed by atoms with Crippen LogP contribution in [0.15, 0.2) is 12.4 Å². The topological polar surface area (TPSA) is 47.3 Å². The summed E-state index contributed by atoms with van der Waals surface area (Å²) in [4.78, 5) is 4.17. The smallest absolute Gasteiger partial charge is 0.137 e. The maximum Gasteiger partial charge on any atom is 0.137 e. The van der Waals surface area contributed by atoms with Crippen molar-refractivity contribution in [1.82, 2.24) is 9.55 Å². The number of methoxy groups -OCH3 is 1. The molecule has 86 valence electrons. The standard InChI is InChI=1S/C11H20N2O2/c1-4-13-6-5-12-11(13)10(14)7-9(2)8-15-3/h5-6,9-10,14H,4,7-8H2,1-3H3. The monoisotopic (exact) mass is 212 g/mol. The van der Waals surface area contributed by atoms with Gasteiger partial charge >= 0.3 is 0 Å². The van der Waals surface area contributed by atoms with Gasteiger partial charge in [-0.05, 0) is 19.3 Å². The Balaban J connectivity index is 2.56. The number of hydrogen-bond acceptors (Lipinski definition) is 3. The highest BCUT2D eigenvalue weighted by atomic mass is 16.5. The number of aromatic nitrogens is 2. The molecule has 0 aliphatic heterocycles. The average molecular weight is 212 g/mol. The first-order chi connectivity index (χ1) is 7.19. The molecule has 2 unspecified atom stereocenters. The van der Waals surface area contributed by atoms with E-state index < -0.39 is 6.10 Å². The van der Waals surface area contributed by atoms with Crippen LogP contribution in [0.25, 0.3) is 0 Å². The predicted molar refractivity (Wildman–Crippen MR) is 58.5 cm³/mol. The summed E-state index contributed by atoms with van der Waals surface area (Å²) in [5.41, 5.74) is 0. The number of ether oxygens (including phenoxy) is 1. The molecule has 4 heteroatoms. The zero-order chi connectivity index (χ0) is 11.3. The quantitative estimate of drug-likeness (QED) is 0.779. The fourth-order valence-corrected chi connectivity index (χ4v) is 1.72. The molecule has 0 aliphatic rings. The van der Waals surface area contributed by atoms with Crippen LogP contribution >= 0.6 is 0 Å². The first-order valence-corrected chi connectivity index (χ1v) is 5.37. The minimum atomic E-state index is -0.495. The Bertz CT molecular complexity index is 286. The summed E-state index contributed by atoms with van der Waals surface area (Å²) in [6, 6.07) is 0. The van der Waals surface area contributed by atoms with E-state index in [0.717, 1.165) is 12.4 Å². The maximum atomic E-state index is 9.98. The molecule has 0 aromatic carbocycles. The third-order valence-electron chi connectivity index (χ3n) is 2.46. The molecule has 0 fully saturated rings. The normalized spacial score (nSPS) is 15.2. The van der Waals surface area contributed by atoms with Crippen LogP contribution in [0.2, 0.25) is 0 Å². The van der Waals surface area contributed by atoms with Crippen molar-refractivity contribution in [2.45, 2.75) is 32.9 Å². The summed E-state index contributed by atoms with van der Waals surface area (Å²) in [7, 11) is 1.68. The molecule has 15 heavy (non-hydrogen) atoms. The number of aliphatic hydroxyl groups excluding tert-OH is 1. The molecular formula is C11H20N2O2. The van der Waals surface area contributed by atoms with Crippen LogP contribution in [0.4, 0.5) is 0 Å². The molecule has 0 spiro atoms. The summed E-state index contributed by atoms with van der Waals surface area (Å²) in [6.45, 7) is 5.61. The number of aryl methyl sites for hydroxylation is 1. The van der Waals surface area contributed by atoms with Crippen LogP contribution in [0.1, 0.15) is 32.2 Å². The number of imidazole rings is 1. The van der Waals surface area contributed by atoms with Gasteiger partial charge in [0.1, 0.15) is 11.9 Å². The Morgan fingerprint density at radius 3 is 2.93 bits per heavy atom. The van der Waals surface area contributed by atoms with Crippen molar-refractivity contribution in [3.63, 3.8) is 0 Å². The molecule has 1 rings (SSSR count). The van der Waals surface area contributed by atoms with Crippen molar-refractivity contribution in [1.29, 1.82) is 0 Å². The van der Waals surface area contributed by atoms with Crippen LogP contribution in [0.3, 0.4) is 0 Å². The van der Waals surface area contributed by atoms with E-state index in [9.17, 15) is 5.11 Å². The van der Waals surface area contributed by atoms with E-state index in [1.807, 2.05) is 17.7 Å². The van der Waals surface area contributed by atoms with Crippen molar-refractivity contribution in [3.05, 3.63) is 18.2 Å². The Labute approximate surface area is 90.9 Å². The van der Waals surface area contributed by atoms with Crippen molar-refractivity contribution < 1.29 is 9.84 Å². The van der Waals surface area contributed by atoms with Gasteiger partial charge in [0.2, 0.25) is 0 Å². The summed E-state index contributed by atoms with van der Waals surface area (Å²) in [6.07, 6.45) is 3.80. The molecule has 0 bridgehead atoms. The summed E-state index contributed by atoms with van der Waals surface area (Å²) >= 11 is 0. The maximum absolute atomic E-state index is 9.98. The van der Waals surface area contributed by atoms with Crippen molar-refractivity contribution >= 4 is 0 Å². The number of hydrogen-bond donors (Lipinski definition) is 1. The lowest BCUT2D eigenvalue weighted by Gasteiger charge is -2.16. The van der Waals surface area contributed by atoms with Gasteiger partial charge in [-0.3, -0.25) is 0 Å². The molecule has 0 saturated carbocycles. The zero-order valence-electron chi connectivity index (χ0n) is 9.68. The van der Waals surface area contributed by atoms with E-state index in [-0.39, 0.29) is 0 Å². The van der Waals surface area contributed by atoms with Crippen LogP contribution < -0.4 is 0 Å². The summed E-state index contributed by atoms with van der Waals surface area (Å²) in [5.74, 6) is 1.09. The SMILES string of the molecule is CCn1ccnc1C(O)CC(C)COC. The lowest BCUT2D eigenvalue weighted by atomic mass is 10.0. The lowest BCUT2D eigenvalue weighted by Crippen LogP contribution is -2.13. The van der Waals surface area contributed by atoms with Crippen molar-refractivity contribution in [2.75, 3.05) is 13.7 Å². The number of rotatable bonds is 6. The molecule has 1 heterocycles. The summed E-state index contributed by atoms with van der Waals surface area (Å²) in [5, 5.41) is 9.98. The highest BCUT2D eigenvalue weighted by Crippen LogP contribution is 2.19. The molecule has 2 atom stereocenters. The van der Waals surface area contributed by atoms with Gasteiger partial charge in [-0.1, -0.05) is 6.92 Å². The third-order valence-corrected chi connectivity index (χ3v) is 2.46. The first-order valence-electron chi connectivity index (χ1n) is 5.37. The molecule has 4 nitrogen and oxygen atoms in total. The third kappa shape index (κ3) is 3.32.